The summed E-state index contributed by atoms with van der Waals surface area (Å²) in [5, 5.41) is 19.5. The molecular formula is C23H26N6O4. The lowest BCUT2D eigenvalue weighted by atomic mass is 10.0. The molecule has 172 valence electrons. The van der Waals surface area contributed by atoms with Crippen molar-refractivity contribution in [2.75, 3.05) is 25.6 Å². The second-order valence-electron chi connectivity index (χ2n) is 8.41. The number of rotatable bonds is 5. The van der Waals surface area contributed by atoms with E-state index in [-0.39, 0.29) is 30.4 Å². The van der Waals surface area contributed by atoms with Gasteiger partial charge in [-0.25, -0.2) is 4.79 Å². The largest absolute Gasteiger partial charge is 0.453 e. The zero-order valence-corrected chi connectivity index (χ0v) is 18.6. The highest BCUT2D eigenvalue weighted by atomic mass is 16.5. The quantitative estimate of drug-likeness (QED) is 0.721. The van der Waals surface area contributed by atoms with E-state index in [0.717, 1.165) is 25.7 Å². The number of anilines is 1. The summed E-state index contributed by atoms with van der Waals surface area (Å²) in [5.74, 6) is -0.359. The molecule has 10 heteroatoms. The molecule has 2 heterocycles. The van der Waals surface area contributed by atoms with Gasteiger partial charge in [-0.3, -0.25) is 14.3 Å². The molecule has 2 N–H and O–H groups in total. The van der Waals surface area contributed by atoms with Crippen LogP contribution < -0.4 is 10.6 Å². The highest BCUT2D eigenvalue weighted by Crippen LogP contribution is 2.33. The summed E-state index contributed by atoms with van der Waals surface area (Å²) in [6.07, 6.45) is 3.19. The number of nitrogens with zero attached hydrogens (tertiary/aromatic N) is 4. The van der Waals surface area contributed by atoms with Gasteiger partial charge in [0.2, 0.25) is 5.91 Å². The van der Waals surface area contributed by atoms with Gasteiger partial charge in [0.05, 0.1) is 42.8 Å². The Morgan fingerprint density at radius 3 is 2.73 bits per heavy atom. The number of ether oxygens (including phenoxy) is 1. The van der Waals surface area contributed by atoms with E-state index in [2.05, 4.69) is 26.5 Å². The van der Waals surface area contributed by atoms with Crippen molar-refractivity contribution in [1.29, 1.82) is 5.26 Å². The predicted molar refractivity (Wildman–Crippen MR) is 119 cm³/mol. The molecule has 0 bridgehead atoms. The van der Waals surface area contributed by atoms with Crippen LogP contribution in [0.4, 0.5) is 10.5 Å². The van der Waals surface area contributed by atoms with Crippen LogP contribution in [0.1, 0.15) is 54.7 Å². The Bertz CT molecular complexity index is 1130. The molecule has 1 aromatic carbocycles. The summed E-state index contributed by atoms with van der Waals surface area (Å²) in [6.45, 7) is 2.32. The number of benzene rings is 1. The Kier molecular flexibility index (Phi) is 6.31. The van der Waals surface area contributed by atoms with Crippen molar-refractivity contribution in [2.24, 2.45) is 5.92 Å². The maximum absolute atomic E-state index is 13.0. The molecule has 1 saturated carbocycles. The maximum atomic E-state index is 13.0. The fourth-order valence-corrected chi connectivity index (χ4v) is 4.39. The fourth-order valence-electron chi connectivity index (χ4n) is 4.39. The fraction of sp³-hybridized carbons (Fsp3) is 0.435. The number of hydrogen-bond donors (Lipinski definition) is 2. The predicted octanol–water partition coefficient (Wildman–Crippen LogP) is 2.88. The van der Waals surface area contributed by atoms with Gasteiger partial charge in [0.1, 0.15) is 5.69 Å². The number of nitriles is 1. The summed E-state index contributed by atoms with van der Waals surface area (Å²) < 4.78 is 6.23. The number of nitrogens with one attached hydrogen (secondary N) is 2. The number of aromatic nitrogens is 2. The molecule has 0 spiro atoms. The molecule has 1 aliphatic heterocycles. The molecule has 33 heavy (non-hydrogen) atoms. The van der Waals surface area contributed by atoms with Crippen LogP contribution in [0, 0.1) is 17.2 Å². The van der Waals surface area contributed by atoms with Gasteiger partial charge in [0, 0.05) is 18.0 Å². The number of amides is 3. The van der Waals surface area contributed by atoms with Crippen molar-refractivity contribution in [2.45, 2.75) is 38.6 Å². The molecule has 1 aromatic heterocycles. The van der Waals surface area contributed by atoms with Gasteiger partial charge in [0.25, 0.3) is 5.91 Å². The van der Waals surface area contributed by atoms with Crippen LogP contribution in [-0.2, 0) is 9.53 Å². The van der Waals surface area contributed by atoms with Crippen LogP contribution in [0.3, 0.4) is 0 Å². The van der Waals surface area contributed by atoms with Crippen molar-refractivity contribution < 1.29 is 19.1 Å². The van der Waals surface area contributed by atoms with Crippen LogP contribution in [0.2, 0.25) is 0 Å². The average Bonchev–Trinajstić information content (AvgIpc) is 3.51. The lowest BCUT2D eigenvalue weighted by Crippen LogP contribution is -2.47. The number of hydrogen-bond acceptors (Lipinski definition) is 6. The Labute approximate surface area is 191 Å². The van der Waals surface area contributed by atoms with Gasteiger partial charge in [0.15, 0.2) is 0 Å². The Balaban J connectivity index is 1.63. The number of alkyl carbamates (subject to hydrolysis) is 1. The van der Waals surface area contributed by atoms with Gasteiger partial charge >= 0.3 is 6.09 Å². The van der Waals surface area contributed by atoms with E-state index in [1.54, 1.807) is 28.9 Å². The zero-order chi connectivity index (χ0) is 23.5. The third kappa shape index (κ3) is 4.53. The lowest BCUT2D eigenvalue weighted by molar-refractivity contribution is -0.119. The minimum Gasteiger partial charge on any atom is -0.453 e. The molecule has 10 nitrogen and oxygen atoms in total. The summed E-state index contributed by atoms with van der Waals surface area (Å²) in [6, 6.07) is 8.69. The van der Waals surface area contributed by atoms with Gasteiger partial charge in [-0.1, -0.05) is 12.8 Å². The monoisotopic (exact) mass is 450 g/mol. The van der Waals surface area contributed by atoms with Crippen molar-refractivity contribution in [3.8, 4) is 17.3 Å². The van der Waals surface area contributed by atoms with E-state index in [4.69, 9.17) is 0 Å². The molecular weight excluding hydrogens is 424 g/mol. The molecule has 2 aromatic rings. The minimum atomic E-state index is -0.615. The van der Waals surface area contributed by atoms with E-state index in [0.29, 0.717) is 34.7 Å². The topological polar surface area (TPSA) is 129 Å². The minimum absolute atomic E-state index is 0.0237. The molecule has 1 aliphatic carbocycles. The smallest absolute Gasteiger partial charge is 0.408 e. The van der Waals surface area contributed by atoms with Crippen LogP contribution in [0.5, 0.6) is 0 Å². The highest BCUT2D eigenvalue weighted by molar-refractivity contribution is 5.98. The van der Waals surface area contributed by atoms with Crippen molar-refractivity contribution in [1.82, 2.24) is 20.0 Å². The van der Waals surface area contributed by atoms with Crippen LogP contribution >= 0.6 is 0 Å². The average molecular weight is 450 g/mol. The van der Waals surface area contributed by atoms with E-state index in [9.17, 15) is 19.6 Å². The summed E-state index contributed by atoms with van der Waals surface area (Å²) in [7, 11) is 1.26. The van der Waals surface area contributed by atoms with Crippen molar-refractivity contribution in [3.63, 3.8) is 0 Å². The SMILES string of the molecule is COC(=O)NCN1C[C@H](C)n2nc(-c3ccc(C#N)cc3NC(=O)C3CCCC3)cc2C1=O. The van der Waals surface area contributed by atoms with E-state index >= 15 is 0 Å². The number of methoxy groups -OCH3 is 1. The number of carbonyl (C=O) groups is 3. The third-order valence-electron chi connectivity index (χ3n) is 6.15. The first-order valence-electron chi connectivity index (χ1n) is 11.0. The van der Waals surface area contributed by atoms with Crippen molar-refractivity contribution >= 4 is 23.6 Å². The van der Waals surface area contributed by atoms with Gasteiger partial charge < -0.3 is 20.3 Å². The van der Waals surface area contributed by atoms with E-state index in [1.165, 1.54) is 12.0 Å². The molecule has 0 saturated heterocycles. The van der Waals surface area contributed by atoms with Gasteiger partial charge in [-0.2, -0.15) is 10.4 Å². The summed E-state index contributed by atoms with van der Waals surface area (Å²) in [5.41, 5.74) is 2.48. The lowest BCUT2D eigenvalue weighted by Gasteiger charge is -2.31. The van der Waals surface area contributed by atoms with E-state index < -0.39 is 6.09 Å². The summed E-state index contributed by atoms with van der Waals surface area (Å²) >= 11 is 0. The van der Waals surface area contributed by atoms with Gasteiger partial charge in [-0.15, -0.1) is 0 Å². The summed E-state index contributed by atoms with van der Waals surface area (Å²) in [4.78, 5) is 38.7. The van der Waals surface area contributed by atoms with E-state index in [1.807, 2.05) is 6.92 Å². The standard InChI is InChI=1S/C23H26N6O4/c1-14-12-28(13-25-23(32)33-2)22(31)20-10-19(27-29(14)20)17-8-7-15(11-24)9-18(17)26-21(30)16-5-3-4-6-16/h7-10,14,16H,3-6,12-13H2,1-2H3,(H,25,32)(H,26,30)/t14-/m0/s1. The molecule has 0 radical (unpaired) electrons. The Hall–Kier alpha value is -3.87. The second kappa shape index (κ2) is 9.32. The van der Waals surface area contributed by atoms with Crippen LogP contribution in [0.25, 0.3) is 11.3 Å². The molecule has 4 rings (SSSR count). The normalized spacial score (nSPS) is 17.9. The number of carbonyl (C=O) groups excluding carboxylic acids is 3. The molecule has 3 amide bonds. The molecule has 1 fully saturated rings. The first-order chi connectivity index (χ1) is 15.9. The highest BCUT2D eigenvalue weighted by Gasteiger charge is 2.32. The second-order valence-corrected chi connectivity index (χ2v) is 8.41. The van der Waals surface area contributed by atoms with Gasteiger partial charge in [-0.05, 0) is 44.0 Å². The molecule has 1 atom stereocenters. The Morgan fingerprint density at radius 2 is 2.03 bits per heavy atom. The Morgan fingerprint density at radius 1 is 1.27 bits per heavy atom. The maximum Gasteiger partial charge on any atom is 0.408 e. The third-order valence-corrected chi connectivity index (χ3v) is 6.15. The molecule has 2 aliphatic rings. The first-order valence-corrected chi connectivity index (χ1v) is 11.0. The van der Waals surface area contributed by atoms with Crippen LogP contribution in [0.15, 0.2) is 24.3 Å². The van der Waals surface area contributed by atoms with Crippen LogP contribution in [-0.4, -0.2) is 52.9 Å². The zero-order valence-electron chi connectivity index (χ0n) is 18.6. The first kappa shape index (κ1) is 22.3. The van der Waals surface area contributed by atoms with Crippen molar-refractivity contribution in [3.05, 3.63) is 35.5 Å². The number of fused-ring (bicyclic) bond motifs is 1. The molecule has 0 unspecified atom stereocenters.